The lowest BCUT2D eigenvalue weighted by Crippen LogP contribution is -2.42. The molecule has 0 bridgehead atoms. The van der Waals surface area contributed by atoms with Crippen molar-refractivity contribution in [3.8, 4) is 0 Å². The summed E-state index contributed by atoms with van der Waals surface area (Å²) in [5.41, 5.74) is 2.68. The summed E-state index contributed by atoms with van der Waals surface area (Å²) in [6, 6.07) is 9.89. The Morgan fingerprint density at radius 2 is 1.90 bits per heavy atom. The lowest BCUT2D eigenvalue weighted by Gasteiger charge is -2.34. The number of hydrogen-bond donors (Lipinski definition) is 3. The number of aryl methyl sites for hydroxylation is 2. The summed E-state index contributed by atoms with van der Waals surface area (Å²) < 4.78 is 5.18. The molecule has 3 rings (SSSR count). The monoisotopic (exact) mass is 427 g/mol. The highest BCUT2D eigenvalue weighted by Gasteiger charge is 2.38. The molecule has 7 nitrogen and oxygen atoms in total. The molecule has 0 spiro atoms. The third-order valence-electron chi connectivity index (χ3n) is 6.50. The van der Waals surface area contributed by atoms with Gasteiger partial charge >= 0.3 is 0 Å². The third-order valence-corrected chi connectivity index (χ3v) is 6.50. The lowest BCUT2D eigenvalue weighted by atomic mass is 9.74. The summed E-state index contributed by atoms with van der Waals surface area (Å²) in [7, 11) is 0. The summed E-state index contributed by atoms with van der Waals surface area (Å²) in [5.74, 6) is 0.607. The van der Waals surface area contributed by atoms with Gasteiger partial charge in [-0.2, -0.15) is 0 Å². The minimum Gasteiger partial charge on any atom is -0.391 e. The minimum atomic E-state index is -0.593. The zero-order valence-corrected chi connectivity index (χ0v) is 18.6. The predicted molar refractivity (Wildman–Crippen MR) is 118 cm³/mol. The normalized spacial score (nSPS) is 23.7. The number of rotatable bonds is 7. The number of nitrogens with zero attached hydrogens (tertiary/aromatic N) is 1. The summed E-state index contributed by atoms with van der Waals surface area (Å²) in [6.45, 7) is 5.72. The van der Waals surface area contributed by atoms with Crippen LogP contribution in [0.25, 0.3) is 0 Å². The molecule has 1 aliphatic rings. The van der Waals surface area contributed by atoms with Crippen molar-refractivity contribution >= 4 is 11.8 Å². The van der Waals surface area contributed by atoms with E-state index < -0.39 is 6.10 Å². The van der Waals surface area contributed by atoms with Crippen LogP contribution in [0.1, 0.15) is 61.6 Å². The van der Waals surface area contributed by atoms with Crippen molar-refractivity contribution in [3.05, 3.63) is 52.9 Å². The van der Waals surface area contributed by atoms with Crippen molar-refractivity contribution < 1.29 is 19.2 Å². The minimum absolute atomic E-state index is 0.0153. The number of hydrogen-bond acceptors (Lipinski definition) is 5. The first-order valence-corrected chi connectivity index (χ1v) is 11.0. The van der Waals surface area contributed by atoms with Gasteiger partial charge in [0.15, 0.2) is 0 Å². The Kier molecular flexibility index (Phi) is 7.49. The molecule has 1 saturated carbocycles. The second-order valence-corrected chi connectivity index (χ2v) is 8.68. The van der Waals surface area contributed by atoms with E-state index in [-0.39, 0.29) is 23.3 Å². The topological polar surface area (TPSA) is 104 Å². The Hall–Kier alpha value is -2.67. The van der Waals surface area contributed by atoms with Gasteiger partial charge in [-0.25, -0.2) is 0 Å². The maximum Gasteiger partial charge on any atom is 0.220 e. The molecule has 0 radical (unpaired) electrons. The maximum atomic E-state index is 12.7. The molecule has 0 aliphatic heterocycles. The van der Waals surface area contributed by atoms with E-state index in [1.165, 1.54) is 6.92 Å². The van der Waals surface area contributed by atoms with Gasteiger partial charge in [-0.15, -0.1) is 0 Å². The second-order valence-electron chi connectivity index (χ2n) is 8.68. The number of carbonyl (C=O) groups is 2. The number of aromatic nitrogens is 1. The summed E-state index contributed by atoms with van der Waals surface area (Å²) in [6.07, 6.45) is 3.09. The van der Waals surface area contributed by atoms with Crippen LogP contribution in [0, 0.1) is 13.8 Å². The number of nitrogens with one attached hydrogen (secondary N) is 2. The molecule has 2 aromatic rings. The van der Waals surface area contributed by atoms with Crippen molar-refractivity contribution in [2.24, 2.45) is 0 Å². The molecule has 1 aromatic carbocycles. The van der Waals surface area contributed by atoms with Crippen LogP contribution in [0.2, 0.25) is 0 Å². The molecule has 31 heavy (non-hydrogen) atoms. The van der Waals surface area contributed by atoms with Gasteiger partial charge in [-0.3, -0.25) is 9.59 Å². The fourth-order valence-electron chi connectivity index (χ4n) is 4.62. The molecule has 0 saturated heterocycles. The molecule has 7 heteroatoms. The average molecular weight is 428 g/mol. The van der Waals surface area contributed by atoms with Crippen LogP contribution < -0.4 is 10.6 Å². The Bertz CT molecular complexity index is 876. The van der Waals surface area contributed by atoms with E-state index in [1.54, 1.807) is 0 Å². The predicted octanol–water partition coefficient (Wildman–Crippen LogP) is 2.72. The molecule has 2 amide bonds. The fraction of sp³-hybridized carbons (Fsp3) is 0.542. The fourth-order valence-corrected chi connectivity index (χ4v) is 4.62. The van der Waals surface area contributed by atoms with Crippen LogP contribution in [0.15, 0.2) is 34.9 Å². The smallest absolute Gasteiger partial charge is 0.220 e. The lowest BCUT2D eigenvalue weighted by molar-refractivity contribution is -0.121. The van der Waals surface area contributed by atoms with Gasteiger partial charge in [0.25, 0.3) is 0 Å². The van der Waals surface area contributed by atoms with Crippen LogP contribution in [0.3, 0.4) is 0 Å². The molecule has 3 N–H and O–H groups in total. The van der Waals surface area contributed by atoms with Crippen LogP contribution in [-0.4, -0.2) is 40.8 Å². The van der Waals surface area contributed by atoms with E-state index in [0.717, 1.165) is 35.4 Å². The standard InChI is InChI=1S/C24H33N3O4/c1-16-20(17(2)31-27-16)9-10-23(30)25-15-24(19-7-5-4-6-8-19)13-11-21(26-18(3)28)22(29)12-14-24/h4-8,21-22,29H,9-15H2,1-3H3,(H,25,30)(H,26,28)/t21-,22-,24-/m0/s1. The molecule has 1 aliphatic carbocycles. The number of amides is 2. The van der Waals surface area contributed by atoms with Crippen LogP contribution in [-0.2, 0) is 21.4 Å². The molecule has 168 valence electrons. The van der Waals surface area contributed by atoms with Crippen molar-refractivity contribution in [1.29, 1.82) is 0 Å². The molecular weight excluding hydrogens is 394 g/mol. The zero-order chi connectivity index (χ0) is 22.4. The van der Waals surface area contributed by atoms with E-state index >= 15 is 0 Å². The van der Waals surface area contributed by atoms with Gasteiger partial charge in [0.1, 0.15) is 5.76 Å². The Labute approximate surface area is 183 Å². The molecule has 1 heterocycles. The number of carbonyl (C=O) groups excluding carboxylic acids is 2. The first-order chi connectivity index (χ1) is 14.8. The van der Waals surface area contributed by atoms with Crippen molar-refractivity contribution in [2.75, 3.05) is 6.54 Å². The number of aliphatic hydroxyl groups excluding tert-OH is 1. The Morgan fingerprint density at radius 1 is 1.19 bits per heavy atom. The van der Waals surface area contributed by atoms with Gasteiger partial charge < -0.3 is 20.3 Å². The van der Waals surface area contributed by atoms with Gasteiger partial charge in [0.05, 0.1) is 17.8 Å². The van der Waals surface area contributed by atoms with Gasteiger partial charge in [0.2, 0.25) is 11.8 Å². The highest BCUT2D eigenvalue weighted by Crippen LogP contribution is 2.38. The van der Waals surface area contributed by atoms with E-state index in [9.17, 15) is 14.7 Å². The van der Waals surface area contributed by atoms with Gasteiger partial charge in [-0.1, -0.05) is 35.5 Å². The average Bonchev–Trinajstić information content (AvgIpc) is 2.98. The zero-order valence-electron chi connectivity index (χ0n) is 18.6. The highest BCUT2D eigenvalue weighted by atomic mass is 16.5. The molecule has 0 unspecified atom stereocenters. The Morgan fingerprint density at radius 3 is 2.55 bits per heavy atom. The molecule has 1 fully saturated rings. The summed E-state index contributed by atoms with van der Waals surface area (Å²) in [4.78, 5) is 24.2. The van der Waals surface area contributed by atoms with E-state index in [4.69, 9.17) is 4.52 Å². The van der Waals surface area contributed by atoms with E-state index in [0.29, 0.717) is 32.2 Å². The SMILES string of the molecule is CC(=O)N[C@H]1CC[C@](CNC(=O)CCc2c(C)noc2C)(c2ccccc2)CC[C@@H]1O. The van der Waals surface area contributed by atoms with Crippen LogP contribution in [0.4, 0.5) is 0 Å². The van der Waals surface area contributed by atoms with Crippen LogP contribution >= 0.6 is 0 Å². The highest BCUT2D eigenvalue weighted by molar-refractivity contribution is 5.76. The summed E-state index contributed by atoms with van der Waals surface area (Å²) >= 11 is 0. The molecule has 3 atom stereocenters. The quantitative estimate of drug-likeness (QED) is 0.590. The number of benzene rings is 1. The van der Waals surface area contributed by atoms with Crippen LogP contribution in [0.5, 0.6) is 0 Å². The second kappa shape index (κ2) is 10.1. The van der Waals surface area contributed by atoms with Gasteiger partial charge in [-0.05, 0) is 51.5 Å². The van der Waals surface area contributed by atoms with Gasteiger partial charge in [0, 0.05) is 30.9 Å². The van der Waals surface area contributed by atoms with Crippen molar-refractivity contribution in [2.45, 2.75) is 76.9 Å². The first-order valence-electron chi connectivity index (χ1n) is 11.0. The third kappa shape index (κ3) is 5.73. The van der Waals surface area contributed by atoms with E-state index in [2.05, 4.69) is 27.9 Å². The largest absolute Gasteiger partial charge is 0.391 e. The summed E-state index contributed by atoms with van der Waals surface area (Å²) in [5, 5.41) is 20.5. The first kappa shape index (κ1) is 23.0. The Balaban J connectivity index is 1.69. The molecular formula is C24H33N3O4. The van der Waals surface area contributed by atoms with Crippen molar-refractivity contribution in [3.63, 3.8) is 0 Å². The maximum absolute atomic E-state index is 12.7. The molecule has 1 aromatic heterocycles. The van der Waals surface area contributed by atoms with E-state index in [1.807, 2.05) is 32.0 Å². The number of aliphatic hydroxyl groups is 1. The van der Waals surface area contributed by atoms with Crippen molar-refractivity contribution in [1.82, 2.24) is 15.8 Å².